The van der Waals surface area contributed by atoms with Crippen LogP contribution in [0.2, 0.25) is 0 Å². The van der Waals surface area contributed by atoms with E-state index in [0.29, 0.717) is 45.8 Å². The zero-order valence-electron chi connectivity index (χ0n) is 17.9. The summed E-state index contributed by atoms with van der Waals surface area (Å²) < 4.78 is 44.6. The highest BCUT2D eigenvalue weighted by molar-refractivity contribution is 5.67. The second-order valence-corrected chi connectivity index (χ2v) is 8.25. The van der Waals surface area contributed by atoms with Crippen LogP contribution in [0.5, 0.6) is 5.88 Å². The van der Waals surface area contributed by atoms with Crippen LogP contribution in [0.3, 0.4) is 0 Å². The fourth-order valence-electron chi connectivity index (χ4n) is 3.90. The predicted molar refractivity (Wildman–Crippen MR) is 112 cm³/mol. The minimum absolute atomic E-state index is 0.271. The number of aromatic nitrogens is 4. The standard InChI is InChI=1S/C23H23F3N4O2/c1-13-4-5-19(28-9-13)21-14(2)18(21)11-32-22-17(10-27-15(3)29-22)16-6-7-30(20(31)8-16)12-23(24,25)26/h4-10,14,18,21H,11-12H2,1-3H3. The van der Waals surface area contributed by atoms with Crippen molar-refractivity contribution in [2.45, 2.75) is 39.4 Å². The molecule has 0 radical (unpaired) electrons. The fourth-order valence-corrected chi connectivity index (χ4v) is 3.90. The van der Waals surface area contributed by atoms with E-state index in [1.165, 1.54) is 12.3 Å². The Labute approximate surface area is 183 Å². The molecule has 0 N–H and O–H groups in total. The lowest BCUT2D eigenvalue weighted by Gasteiger charge is -2.13. The van der Waals surface area contributed by atoms with Crippen molar-refractivity contribution in [3.8, 4) is 17.0 Å². The van der Waals surface area contributed by atoms with Crippen LogP contribution >= 0.6 is 0 Å². The van der Waals surface area contributed by atoms with E-state index in [9.17, 15) is 18.0 Å². The monoisotopic (exact) mass is 444 g/mol. The number of hydrogen-bond donors (Lipinski definition) is 0. The zero-order valence-corrected chi connectivity index (χ0v) is 17.9. The quantitative estimate of drug-likeness (QED) is 0.567. The molecule has 168 valence electrons. The van der Waals surface area contributed by atoms with Crippen molar-refractivity contribution in [2.75, 3.05) is 6.61 Å². The lowest BCUT2D eigenvalue weighted by molar-refractivity contribution is -0.141. The van der Waals surface area contributed by atoms with Gasteiger partial charge in [0.1, 0.15) is 12.4 Å². The van der Waals surface area contributed by atoms with Gasteiger partial charge in [-0.1, -0.05) is 13.0 Å². The summed E-state index contributed by atoms with van der Waals surface area (Å²) in [7, 11) is 0. The SMILES string of the molecule is Cc1ccc(C2C(C)C2COc2nc(C)ncc2-c2ccn(CC(F)(F)F)c(=O)c2)nc1. The number of ether oxygens (including phenoxy) is 1. The molecule has 0 saturated heterocycles. The molecular formula is C23H23F3N4O2. The van der Waals surface area contributed by atoms with Gasteiger partial charge < -0.3 is 9.30 Å². The molecule has 3 aromatic rings. The van der Waals surface area contributed by atoms with Crippen LogP contribution in [0.15, 0.2) is 47.7 Å². The second kappa shape index (κ2) is 8.37. The summed E-state index contributed by atoms with van der Waals surface area (Å²) in [6, 6.07) is 6.66. The molecule has 1 fully saturated rings. The minimum Gasteiger partial charge on any atom is -0.477 e. The molecule has 6 nitrogen and oxygen atoms in total. The third kappa shape index (κ3) is 4.81. The van der Waals surface area contributed by atoms with Gasteiger partial charge in [0.25, 0.3) is 5.56 Å². The van der Waals surface area contributed by atoms with Crippen LogP contribution in [0, 0.1) is 25.7 Å². The van der Waals surface area contributed by atoms with Gasteiger partial charge >= 0.3 is 6.18 Å². The molecule has 0 aromatic carbocycles. The van der Waals surface area contributed by atoms with Crippen LogP contribution in [-0.4, -0.2) is 32.3 Å². The summed E-state index contributed by atoms with van der Waals surface area (Å²) in [5, 5.41) is 0. The molecule has 32 heavy (non-hydrogen) atoms. The van der Waals surface area contributed by atoms with Crippen molar-refractivity contribution in [3.63, 3.8) is 0 Å². The van der Waals surface area contributed by atoms with Gasteiger partial charge in [-0.15, -0.1) is 0 Å². The van der Waals surface area contributed by atoms with Gasteiger partial charge in [0, 0.05) is 42.2 Å². The zero-order chi connectivity index (χ0) is 23.0. The minimum atomic E-state index is -4.48. The summed E-state index contributed by atoms with van der Waals surface area (Å²) in [4.78, 5) is 25.2. The van der Waals surface area contributed by atoms with Crippen LogP contribution in [0.1, 0.15) is 29.9 Å². The first-order chi connectivity index (χ1) is 15.1. The largest absolute Gasteiger partial charge is 0.477 e. The van der Waals surface area contributed by atoms with Crippen molar-refractivity contribution in [1.82, 2.24) is 19.5 Å². The Kier molecular flexibility index (Phi) is 5.75. The average molecular weight is 444 g/mol. The highest BCUT2D eigenvalue weighted by Crippen LogP contribution is 2.53. The summed E-state index contributed by atoms with van der Waals surface area (Å²) in [6.45, 7) is 4.93. The molecular weight excluding hydrogens is 421 g/mol. The van der Waals surface area contributed by atoms with Gasteiger partial charge in [-0.05, 0) is 43.0 Å². The molecule has 9 heteroatoms. The highest BCUT2D eigenvalue weighted by Gasteiger charge is 2.49. The van der Waals surface area contributed by atoms with Gasteiger partial charge in [-0.3, -0.25) is 9.78 Å². The average Bonchev–Trinajstić information content (AvgIpc) is 3.37. The topological polar surface area (TPSA) is 69.9 Å². The van der Waals surface area contributed by atoms with E-state index in [-0.39, 0.29) is 5.92 Å². The van der Waals surface area contributed by atoms with E-state index in [0.717, 1.165) is 23.5 Å². The van der Waals surface area contributed by atoms with E-state index in [2.05, 4.69) is 21.9 Å². The molecule has 3 aromatic heterocycles. The van der Waals surface area contributed by atoms with E-state index < -0.39 is 18.3 Å². The number of nitrogens with zero attached hydrogens (tertiary/aromatic N) is 4. The van der Waals surface area contributed by atoms with E-state index in [4.69, 9.17) is 4.74 Å². The van der Waals surface area contributed by atoms with Crippen LogP contribution < -0.4 is 10.3 Å². The molecule has 4 rings (SSSR count). The maximum absolute atomic E-state index is 12.6. The number of rotatable bonds is 6. The van der Waals surface area contributed by atoms with E-state index in [1.54, 1.807) is 6.92 Å². The second-order valence-electron chi connectivity index (χ2n) is 8.25. The summed E-state index contributed by atoms with van der Waals surface area (Å²) in [5.41, 5.74) is 2.25. The van der Waals surface area contributed by atoms with Gasteiger partial charge in [0.05, 0.1) is 12.2 Å². The van der Waals surface area contributed by atoms with Gasteiger partial charge in [0.2, 0.25) is 5.88 Å². The Morgan fingerprint density at radius 3 is 2.56 bits per heavy atom. The smallest absolute Gasteiger partial charge is 0.406 e. The number of hydrogen-bond acceptors (Lipinski definition) is 5. The van der Waals surface area contributed by atoms with Gasteiger partial charge in [-0.25, -0.2) is 4.98 Å². The first kappa shape index (κ1) is 22.0. The Balaban J connectivity index is 1.53. The molecule has 1 aliphatic carbocycles. The maximum atomic E-state index is 12.6. The third-order valence-corrected chi connectivity index (χ3v) is 5.78. The highest BCUT2D eigenvalue weighted by atomic mass is 19.4. The summed E-state index contributed by atoms with van der Waals surface area (Å²) in [5.74, 6) is 1.78. The Morgan fingerprint density at radius 2 is 1.91 bits per heavy atom. The van der Waals surface area contributed by atoms with E-state index >= 15 is 0 Å². The number of pyridine rings is 2. The Bertz CT molecular complexity index is 1180. The van der Waals surface area contributed by atoms with Crippen molar-refractivity contribution >= 4 is 0 Å². The molecule has 3 atom stereocenters. The molecule has 3 heterocycles. The van der Waals surface area contributed by atoms with Crippen molar-refractivity contribution < 1.29 is 17.9 Å². The molecule has 3 unspecified atom stereocenters. The van der Waals surface area contributed by atoms with Crippen LogP contribution in [0.25, 0.3) is 11.1 Å². The molecule has 1 saturated carbocycles. The molecule has 0 aliphatic heterocycles. The normalized spacial score (nSPS) is 20.2. The van der Waals surface area contributed by atoms with Gasteiger partial charge in [0.15, 0.2) is 0 Å². The van der Waals surface area contributed by atoms with Crippen molar-refractivity contribution in [1.29, 1.82) is 0 Å². The Morgan fingerprint density at radius 1 is 1.12 bits per heavy atom. The van der Waals surface area contributed by atoms with Crippen molar-refractivity contribution in [3.05, 3.63) is 70.3 Å². The summed E-state index contributed by atoms with van der Waals surface area (Å²) in [6.07, 6.45) is 0.0221. The van der Waals surface area contributed by atoms with Gasteiger partial charge in [-0.2, -0.15) is 18.2 Å². The summed E-state index contributed by atoms with van der Waals surface area (Å²) >= 11 is 0. The molecule has 0 spiro atoms. The van der Waals surface area contributed by atoms with Crippen LogP contribution in [-0.2, 0) is 6.54 Å². The molecule has 1 aliphatic rings. The number of aryl methyl sites for hydroxylation is 2. The Hall–Kier alpha value is -3.23. The lowest BCUT2D eigenvalue weighted by atomic mass is 10.1. The third-order valence-electron chi connectivity index (χ3n) is 5.78. The number of halogens is 3. The first-order valence-electron chi connectivity index (χ1n) is 10.3. The molecule has 0 amide bonds. The van der Waals surface area contributed by atoms with Crippen molar-refractivity contribution in [2.24, 2.45) is 11.8 Å². The predicted octanol–water partition coefficient (Wildman–Crippen LogP) is 4.31. The number of alkyl halides is 3. The van der Waals surface area contributed by atoms with E-state index in [1.807, 2.05) is 25.3 Å². The van der Waals surface area contributed by atoms with Crippen LogP contribution in [0.4, 0.5) is 13.2 Å². The maximum Gasteiger partial charge on any atom is 0.406 e. The fraction of sp³-hybridized carbons (Fsp3) is 0.391. The molecule has 0 bridgehead atoms. The first-order valence-corrected chi connectivity index (χ1v) is 10.3. The lowest BCUT2D eigenvalue weighted by Crippen LogP contribution is -2.27.